The molecule has 0 saturated heterocycles. The fourth-order valence-corrected chi connectivity index (χ4v) is 2.25. The Kier molecular flexibility index (Phi) is 4.15. The average molecular weight is 253 g/mol. The average Bonchev–Trinajstić information content (AvgIpc) is 2.95. The number of hydrogen-bond donors (Lipinski definition) is 2. The van der Waals surface area contributed by atoms with E-state index in [1.165, 1.54) is 16.6 Å². The van der Waals surface area contributed by atoms with Gasteiger partial charge in [-0.15, -0.1) is 16.4 Å². The minimum Gasteiger partial charge on any atom is -0.396 e. The quantitative estimate of drug-likeness (QED) is 0.801. The minimum absolute atomic E-state index is 0.138. The highest BCUT2D eigenvalue weighted by atomic mass is 32.2. The Bertz CT molecular complexity index is 450. The number of aliphatic hydroxyl groups is 1. The summed E-state index contributed by atoms with van der Waals surface area (Å²) in [4.78, 5) is 5.43. The Morgan fingerprint density at radius 2 is 2.44 bits per heavy atom. The number of aromatic amines is 1. The van der Waals surface area contributed by atoms with E-state index < -0.39 is 0 Å². The lowest BCUT2D eigenvalue weighted by Crippen LogP contribution is -1.86. The van der Waals surface area contributed by atoms with E-state index in [1.807, 2.05) is 29.7 Å². The number of nitrogens with one attached hydrogen (secondary N) is 1. The van der Waals surface area contributed by atoms with E-state index in [4.69, 9.17) is 5.11 Å². The van der Waals surface area contributed by atoms with E-state index >= 15 is 0 Å². The Balaban J connectivity index is 1.97. The molecule has 0 unspecified atom stereocenters. The van der Waals surface area contributed by atoms with Crippen LogP contribution in [0, 0.1) is 0 Å². The van der Waals surface area contributed by atoms with Gasteiger partial charge in [-0.3, -0.25) is 5.10 Å². The van der Waals surface area contributed by atoms with Crippen molar-refractivity contribution in [2.75, 3.05) is 12.4 Å². The maximum atomic E-state index is 8.66. The number of nitrogens with zero attached hydrogens (tertiary/aromatic N) is 2. The second kappa shape index (κ2) is 5.83. The molecule has 0 fully saturated rings. The first kappa shape index (κ1) is 11.4. The predicted molar refractivity (Wildman–Crippen MR) is 67.4 cm³/mol. The van der Waals surface area contributed by atoms with Crippen LogP contribution in [0.1, 0.15) is 10.7 Å². The Hall–Kier alpha value is -1.11. The third kappa shape index (κ3) is 3.19. The van der Waals surface area contributed by atoms with Crippen LogP contribution in [0.25, 0.3) is 12.2 Å². The molecule has 2 aromatic rings. The van der Waals surface area contributed by atoms with Crippen molar-refractivity contribution in [1.82, 2.24) is 15.2 Å². The highest BCUT2D eigenvalue weighted by Crippen LogP contribution is 2.14. The van der Waals surface area contributed by atoms with E-state index in [-0.39, 0.29) is 6.61 Å². The van der Waals surface area contributed by atoms with Crippen molar-refractivity contribution in [3.05, 3.63) is 28.2 Å². The molecule has 2 N–H and O–H groups in total. The summed E-state index contributed by atoms with van der Waals surface area (Å²) in [5.41, 5.74) is 0. The van der Waals surface area contributed by atoms with Gasteiger partial charge in [-0.2, -0.15) is 0 Å². The first-order valence-corrected chi connectivity index (χ1v) is 6.62. The topological polar surface area (TPSA) is 61.8 Å². The molecule has 0 aliphatic rings. The van der Waals surface area contributed by atoms with Crippen molar-refractivity contribution in [3.8, 4) is 0 Å². The van der Waals surface area contributed by atoms with Crippen LogP contribution >= 0.6 is 23.1 Å². The third-order valence-electron chi connectivity index (χ3n) is 1.75. The van der Waals surface area contributed by atoms with Crippen molar-refractivity contribution in [2.24, 2.45) is 0 Å². The summed E-state index contributed by atoms with van der Waals surface area (Å²) in [6.45, 7) is 0.138. The molecule has 0 aliphatic heterocycles. The standard InChI is InChI=1S/C10H11N3OS2/c14-5-7-16-10-11-9(12-13-10)4-3-8-2-1-6-15-8/h1-4,6,14H,5,7H2,(H,11,12,13)/b4-3+. The molecule has 4 nitrogen and oxygen atoms in total. The lowest BCUT2D eigenvalue weighted by molar-refractivity contribution is 0.322. The fraction of sp³-hybridized carbons (Fsp3) is 0.200. The minimum atomic E-state index is 0.138. The summed E-state index contributed by atoms with van der Waals surface area (Å²) < 4.78 is 0. The van der Waals surface area contributed by atoms with Gasteiger partial charge in [0.05, 0.1) is 6.61 Å². The molecule has 16 heavy (non-hydrogen) atoms. The molecular weight excluding hydrogens is 242 g/mol. The normalized spacial score (nSPS) is 11.3. The molecule has 0 saturated carbocycles. The number of H-pyrrole nitrogens is 1. The molecule has 0 aliphatic carbocycles. The van der Waals surface area contributed by atoms with Crippen LogP contribution in [-0.2, 0) is 0 Å². The molecule has 0 amide bonds. The van der Waals surface area contributed by atoms with Crippen LogP contribution in [0.4, 0.5) is 0 Å². The Labute approximate surface area is 101 Å². The van der Waals surface area contributed by atoms with Crippen LogP contribution in [0.2, 0.25) is 0 Å². The number of thioether (sulfide) groups is 1. The van der Waals surface area contributed by atoms with Gasteiger partial charge in [0, 0.05) is 10.6 Å². The van der Waals surface area contributed by atoms with Crippen LogP contribution in [0.3, 0.4) is 0 Å². The zero-order chi connectivity index (χ0) is 11.2. The van der Waals surface area contributed by atoms with Gasteiger partial charge in [0.1, 0.15) is 5.82 Å². The highest BCUT2D eigenvalue weighted by Gasteiger charge is 2.00. The van der Waals surface area contributed by atoms with Crippen LogP contribution < -0.4 is 0 Å². The van der Waals surface area contributed by atoms with Crippen molar-refractivity contribution in [3.63, 3.8) is 0 Å². The lowest BCUT2D eigenvalue weighted by Gasteiger charge is -1.88. The molecule has 0 spiro atoms. The van der Waals surface area contributed by atoms with Crippen molar-refractivity contribution in [2.45, 2.75) is 5.16 Å². The second-order valence-electron chi connectivity index (χ2n) is 2.92. The first-order valence-electron chi connectivity index (χ1n) is 4.76. The molecule has 0 aromatic carbocycles. The molecule has 0 radical (unpaired) electrons. The smallest absolute Gasteiger partial charge is 0.208 e. The lowest BCUT2D eigenvalue weighted by atomic mass is 10.4. The molecule has 2 rings (SSSR count). The Morgan fingerprint density at radius 3 is 3.19 bits per heavy atom. The molecule has 0 bridgehead atoms. The maximum absolute atomic E-state index is 8.66. The van der Waals surface area contributed by atoms with Crippen molar-refractivity contribution >= 4 is 35.3 Å². The zero-order valence-electron chi connectivity index (χ0n) is 8.46. The molecule has 6 heteroatoms. The summed E-state index contributed by atoms with van der Waals surface area (Å²) in [6.07, 6.45) is 3.88. The van der Waals surface area contributed by atoms with E-state index in [0.717, 1.165) is 5.82 Å². The van der Waals surface area contributed by atoms with E-state index in [0.29, 0.717) is 10.9 Å². The summed E-state index contributed by atoms with van der Waals surface area (Å²) in [6, 6.07) is 4.05. The van der Waals surface area contributed by atoms with Gasteiger partial charge in [0.15, 0.2) is 0 Å². The van der Waals surface area contributed by atoms with Crippen LogP contribution in [0.5, 0.6) is 0 Å². The van der Waals surface area contributed by atoms with E-state index in [1.54, 1.807) is 11.3 Å². The van der Waals surface area contributed by atoms with E-state index in [2.05, 4.69) is 15.2 Å². The van der Waals surface area contributed by atoms with Crippen molar-refractivity contribution in [1.29, 1.82) is 0 Å². The van der Waals surface area contributed by atoms with Gasteiger partial charge in [-0.05, 0) is 23.6 Å². The number of aromatic nitrogens is 3. The summed E-state index contributed by atoms with van der Waals surface area (Å²) in [5.74, 6) is 1.35. The Morgan fingerprint density at radius 1 is 1.50 bits per heavy atom. The summed E-state index contributed by atoms with van der Waals surface area (Å²) >= 11 is 3.11. The highest BCUT2D eigenvalue weighted by molar-refractivity contribution is 7.99. The molecular formula is C10H11N3OS2. The third-order valence-corrected chi connectivity index (χ3v) is 3.42. The molecule has 2 aromatic heterocycles. The summed E-state index contributed by atoms with van der Waals surface area (Å²) in [5, 5.41) is 18.2. The molecule has 84 valence electrons. The fourth-order valence-electron chi connectivity index (χ4n) is 1.08. The summed E-state index contributed by atoms with van der Waals surface area (Å²) in [7, 11) is 0. The predicted octanol–water partition coefficient (Wildman–Crippen LogP) is 2.12. The largest absolute Gasteiger partial charge is 0.396 e. The van der Waals surface area contributed by atoms with Gasteiger partial charge in [-0.25, -0.2) is 4.98 Å². The maximum Gasteiger partial charge on any atom is 0.208 e. The SMILES string of the molecule is OCCSc1n[nH]c(/C=C/c2cccs2)n1. The van der Waals surface area contributed by atoms with Gasteiger partial charge in [-0.1, -0.05) is 17.8 Å². The van der Waals surface area contributed by atoms with Gasteiger partial charge < -0.3 is 5.11 Å². The van der Waals surface area contributed by atoms with Gasteiger partial charge in [0.25, 0.3) is 0 Å². The second-order valence-corrected chi connectivity index (χ2v) is 4.97. The molecule has 0 atom stereocenters. The monoisotopic (exact) mass is 253 g/mol. The van der Waals surface area contributed by atoms with Crippen molar-refractivity contribution < 1.29 is 5.11 Å². The molecule has 2 heterocycles. The van der Waals surface area contributed by atoms with Crippen LogP contribution in [-0.4, -0.2) is 32.6 Å². The number of hydrogen-bond acceptors (Lipinski definition) is 5. The number of rotatable bonds is 5. The number of aliphatic hydroxyl groups excluding tert-OH is 1. The van der Waals surface area contributed by atoms with E-state index in [9.17, 15) is 0 Å². The van der Waals surface area contributed by atoms with Gasteiger partial charge in [0.2, 0.25) is 5.16 Å². The van der Waals surface area contributed by atoms with Crippen LogP contribution in [0.15, 0.2) is 22.7 Å². The first-order chi connectivity index (χ1) is 7.88. The zero-order valence-corrected chi connectivity index (χ0v) is 10.1. The number of thiophene rings is 1. The van der Waals surface area contributed by atoms with Gasteiger partial charge >= 0.3 is 0 Å².